The third-order valence-electron chi connectivity index (χ3n) is 4.99. The standard InChI is InChI=1S/C17H29N5/c1-18-17(19-12-16-6-5-8-20(16)2)22-11-7-15(14-22)13-21-9-3-4-10-21/h5-6,8,15H,3-4,7,9-14H2,1-2H3,(H,18,19). The fourth-order valence-electron chi connectivity index (χ4n) is 3.69. The molecule has 1 aromatic rings. The van der Waals surface area contributed by atoms with Crippen LogP contribution in [0.5, 0.6) is 0 Å². The van der Waals surface area contributed by atoms with Crippen molar-refractivity contribution in [1.82, 2.24) is 19.7 Å². The summed E-state index contributed by atoms with van der Waals surface area (Å²) in [4.78, 5) is 9.53. The predicted octanol–water partition coefficient (Wildman–Crippen LogP) is 1.52. The molecule has 0 bridgehead atoms. The molecule has 3 rings (SSSR count). The lowest BCUT2D eigenvalue weighted by Crippen LogP contribution is -2.40. The van der Waals surface area contributed by atoms with Crippen LogP contribution in [0.3, 0.4) is 0 Å². The first-order chi connectivity index (χ1) is 10.8. The van der Waals surface area contributed by atoms with Crippen molar-refractivity contribution in [2.24, 2.45) is 18.0 Å². The molecule has 3 heterocycles. The molecule has 5 nitrogen and oxygen atoms in total. The Balaban J connectivity index is 1.48. The van der Waals surface area contributed by atoms with Crippen molar-refractivity contribution in [3.05, 3.63) is 24.0 Å². The molecule has 1 N–H and O–H groups in total. The van der Waals surface area contributed by atoms with Gasteiger partial charge in [-0.05, 0) is 50.4 Å². The molecule has 0 radical (unpaired) electrons. The predicted molar refractivity (Wildman–Crippen MR) is 91.0 cm³/mol. The average Bonchev–Trinajstić information content (AvgIpc) is 3.24. The van der Waals surface area contributed by atoms with Gasteiger partial charge in [0, 0.05) is 45.6 Å². The highest BCUT2D eigenvalue weighted by molar-refractivity contribution is 5.80. The first kappa shape index (κ1) is 15.4. The largest absolute Gasteiger partial charge is 0.353 e. The van der Waals surface area contributed by atoms with Crippen LogP contribution in [-0.2, 0) is 13.6 Å². The van der Waals surface area contributed by atoms with Crippen LogP contribution in [0.2, 0.25) is 0 Å². The number of nitrogens with zero attached hydrogens (tertiary/aromatic N) is 4. The summed E-state index contributed by atoms with van der Waals surface area (Å²) in [6.45, 7) is 6.98. The van der Waals surface area contributed by atoms with Crippen LogP contribution in [-0.4, -0.2) is 60.1 Å². The van der Waals surface area contributed by atoms with E-state index in [4.69, 9.17) is 0 Å². The number of aromatic nitrogens is 1. The van der Waals surface area contributed by atoms with Gasteiger partial charge in [-0.1, -0.05) is 0 Å². The quantitative estimate of drug-likeness (QED) is 0.677. The highest BCUT2D eigenvalue weighted by atomic mass is 15.3. The summed E-state index contributed by atoms with van der Waals surface area (Å²) >= 11 is 0. The van der Waals surface area contributed by atoms with Crippen LogP contribution in [0.1, 0.15) is 25.0 Å². The second-order valence-corrected chi connectivity index (χ2v) is 6.62. The molecular weight excluding hydrogens is 274 g/mol. The summed E-state index contributed by atoms with van der Waals surface area (Å²) in [5.74, 6) is 1.84. The van der Waals surface area contributed by atoms with Gasteiger partial charge in [-0.3, -0.25) is 4.99 Å². The highest BCUT2D eigenvalue weighted by Gasteiger charge is 2.27. The second-order valence-electron chi connectivity index (χ2n) is 6.62. The number of guanidine groups is 1. The molecule has 1 aromatic heterocycles. The Kier molecular flexibility index (Phi) is 5.03. The molecule has 0 amide bonds. The van der Waals surface area contributed by atoms with Crippen LogP contribution in [0.4, 0.5) is 0 Å². The Labute approximate surface area is 134 Å². The van der Waals surface area contributed by atoms with Gasteiger partial charge in [0.15, 0.2) is 5.96 Å². The third kappa shape index (κ3) is 3.64. The van der Waals surface area contributed by atoms with E-state index in [1.165, 1.54) is 44.6 Å². The zero-order valence-electron chi connectivity index (χ0n) is 14.0. The SMILES string of the molecule is CN=C(NCc1cccn1C)N1CCC(CN2CCCC2)C1. The monoisotopic (exact) mass is 303 g/mol. The first-order valence-corrected chi connectivity index (χ1v) is 8.54. The lowest BCUT2D eigenvalue weighted by Gasteiger charge is -2.23. The molecular formula is C17H29N5. The second kappa shape index (κ2) is 7.18. The maximum Gasteiger partial charge on any atom is 0.193 e. The Hall–Kier alpha value is -1.49. The van der Waals surface area contributed by atoms with Gasteiger partial charge in [-0.2, -0.15) is 0 Å². The molecule has 2 aliphatic heterocycles. The van der Waals surface area contributed by atoms with Crippen molar-refractivity contribution >= 4 is 5.96 Å². The van der Waals surface area contributed by atoms with Crippen molar-refractivity contribution in [2.45, 2.75) is 25.8 Å². The summed E-state index contributed by atoms with van der Waals surface area (Å²) < 4.78 is 2.15. The Bertz CT molecular complexity index is 501. The van der Waals surface area contributed by atoms with Gasteiger partial charge in [-0.25, -0.2) is 0 Å². The van der Waals surface area contributed by atoms with Gasteiger partial charge in [0.05, 0.1) is 6.54 Å². The molecule has 2 aliphatic rings. The zero-order chi connectivity index (χ0) is 15.4. The number of hydrogen-bond acceptors (Lipinski definition) is 2. The van der Waals surface area contributed by atoms with E-state index in [0.717, 1.165) is 31.5 Å². The van der Waals surface area contributed by atoms with Gasteiger partial charge < -0.3 is 19.7 Å². The van der Waals surface area contributed by atoms with E-state index in [9.17, 15) is 0 Å². The van der Waals surface area contributed by atoms with Gasteiger partial charge in [0.1, 0.15) is 0 Å². The summed E-state index contributed by atoms with van der Waals surface area (Å²) in [5.41, 5.74) is 1.29. The van der Waals surface area contributed by atoms with Gasteiger partial charge in [0.2, 0.25) is 0 Å². The van der Waals surface area contributed by atoms with Crippen molar-refractivity contribution in [1.29, 1.82) is 0 Å². The van der Waals surface area contributed by atoms with E-state index >= 15 is 0 Å². The van der Waals surface area contributed by atoms with Crippen molar-refractivity contribution in [3.8, 4) is 0 Å². The molecule has 5 heteroatoms. The molecule has 22 heavy (non-hydrogen) atoms. The smallest absolute Gasteiger partial charge is 0.193 e. The summed E-state index contributed by atoms with van der Waals surface area (Å²) in [6.07, 6.45) is 6.15. The normalized spacial score (nSPS) is 23.5. The van der Waals surface area contributed by atoms with E-state index in [-0.39, 0.29) is 0 Å². The maximum absolute atomic E-state index is 4.47. The minimum absolute atomic E-state index is 0.798. The molecule has 0 spiro atoms. The summed E-state index contributed by atoms with van der Waals surface area (Å²) in [7, 11) is 3.98. The highest BCUT2D eigenvalue weighted by Crippen LogP contribution is 2.20. The molecule has 2 saturated heterocycles. The van der Waals surface area contributed by atoms with Crippen LogP contribution in [0.15, 0.2) is 23.3 Å². The van der Waals surface area contributed by atoms with Gasteiger partial charge in [0.25, 0.3) is 0 Å². The number of aliphatic imine (C=N–C) groups is 1. The number of likely N-dealkylation sites (tertiary alicyclic amines) is 2. The van der Waals surface area contributed by atoms with Crippen molar-refractivity contribution in [3.63, 3.8) is 0 Å². The number of rotatable bonds is 4. The minimum Gasteiger partial charge on any atom is -0.353 e. The van der Waals surface area contributed by atoms with E-state index < -0.39 is 0 Å². The van der Waals surface area contributed by atoms with E-state index in [0.29, 0.717) is 0 Å². The van der Waals surface area contributed by atoms with Crippen LogP contribution < -0.4 is 5.32 Å². The van der Waals surface area contributed by atoms with E-state index in [1.807, 2.05) is 7.05 Å². The average molecular weight is 303 g/mol. The maximum atomic E-state index is 4.47. The molecule has 2 fully saturated rings. The fraction of sp³-hybridized carbons (Fsp3) is 0.706. The van der Waals surface area contributed by atoms with E-state index in [2.05, 4.69) is 50.1 Å². The number of hydrogen-bond donors (Lipinski definition) is 1. The van der Waals surface area contributed by atoms with Crippen LogP contribution in [0, 0.1) is 5.92 Å². The van der Waals surface area contributed by atoms with Crippen molar-refractivity contribution in [2.75, 3.05) is 39.8 Å². The molecule has 0 aromatic carbocycles. The van der Waals surface area contributed by atoms with Crippen LogP contribution >= 0.6 is 0 Å². The molecule has 0 saturated carbocycles. The minimum atomic E-state index is 0.798. The Morgan fingerprint density at radius 3 is 2.82 bits per heavy atom. The molecule has 0 aliphatic carbocycles. The van der Waals surface area contributed by atoms with Gasteiger partial charge >= 0.3 is 0 Å². The van der Waals surface area contributed by atoms with Gasteiger partial charge in [-0.15, -0.1) is 0 Å². The lowest BCUT2D eigenvalue weighted by atomic mass is 10.1. The first-order valence-electron chi connectivity index (χ1n) is 8.54. The third-order valence-corrected chi connectivity index (χ3v) is 4.99. The Morgan fingerprint density at radius 2 is 2.14 bits per heavy atom. The molecule has 122 valence electrons. The number of nitrogens with one attached hydrogen (secondary N) is 1. The molecule has 1 atom stereocenters. The lowest BCUT2D eigenvalue weighted by molar-refractivity contribution is 0.281. The zero-order valence-corrected chi connectivity index (χ0v) is 14.0. The van der Waals surface area contributed by atoms with Crippen LogP contribution in [0.25, 0.3) is 0 Å². The summed E-state index contributed by atoms with van der Waals surface area (Å²) in [6, 6.07) is 4.24. The number of aryl methyl sites for hydroxylation is 1. The Morgan fingerprint density at radius 1 is 1.32 bits per heavy atom. The topological polar surface area (TPSA) is 35.8 Å². The summed E-state index contributed by atoms with van der Waals surface area (Å²) in [5, 5.41) is 3.51. The van der Waals surface area contributed by atoms with E-state index in [1.54, 1.807) is 0 Å². The fourth-order valence-corrected chi connectivity index (χ4v) is 3.69. The van der Waals surface area contributed by atoms with Crippen molar-refractivity contribution < 1.29 is 0 Å². The molecule has 1 unspecified atom stereocenters.